The summed E-state index contributed by atoms with van der Waals surface area (Å²) in [4.78, 5) is 23.3. The summed E-state index contributed by atoms with van der Waals surface area (Å²) in [5.74, 6) is -0.762. The number of halogens is 1. The van der Waals surface area contributed by atoms with Crippen molar-refractivity contribution in [2.24, 2.45) is 0 Å². The minimum absolute atomic E-state index is 0.0323. The molecule has 0 aliphatic rings. The third-order valence-electron chi connectivity index (χ3n) is 3.37. The van der Waals surface area contributed by atoms with Gasteiger partial charge in [-0.05, 0) is 31.5 Å². The molecule has 22 heavy (non-hydrogen) atoms. The molecule has 1 amide bonds. The average Bonchev–Trinajstić information content (AvgIpc) is 2.78. The molecule has 1 aromatic carbocycles. The quantitative estimate of drug-likeness (QED) is 0.873. The van der Waals surface area contributed by atoms with Gasteiger partial charge in [-0.1, -0.05) is 23.5 Å². The smallest absolute Gasteiger partial charge is 0.307 e. The molecule has 1 heterocycles. The van der Waals surface area contributed by atoms with Crippen LogP contribution in [0.5, 0.6) is 0 Å². The number of carbonyl (C=O) groups is 1. The molecule has 0 fully saturated rings. The fourth-order valence-electron chi connectivity index (χ4n) is 1.98. The number of nitrogens with one attached hydrogen (secondary N) is 1. The van der Waals surface area contributed by atoms with Crippen LogP contribution in [0, 0.1) is 12.7 Å². The summed E-state index contributed by atoms with van der Waals surface area (Å²) in [6.45, 7) is 3.16. The third kappa shape index (κ3) is 3.80. The van der Waals surface area contributed by atoms with Crippen molar-refractivity contribution in [3.05, 3.63) is 56.4 Å². The van der Waals surface area contributed by atoms with Crippen LogP contribution in [-0.2, 0) is 16.9 Å². The Hall–Kier alpha value is -1.99. The summed E-state index contributed by atoms with van der Waals surface area (Å²) in [7, 11) is 0. The number of thiazole rings is 1. The number of hydrogen-bond donors (Lipinski definition) is 2. The largest absolute Gasteiger partial charge is 0.384 e. The molecule has 0 aliphatic heterocycles. The van der Waals surface area contributed by atoms with Crippen molar-refractivity contribution in [3.8, 4) is 0 Å². The number of carbonyl (C=O) groups excluding carboxylic acids is 1. The lowest BCUT2D eigenvalue weighted by atomic mass is 9.96. The van der Waals surface area contributed by atoms with Crippen molar-refractivity contribution in [3.63, 3.8) is 0 Å². The summed E-state index contributed by atoms with van der Waals surface area (Å²) >= 11 is 1.04. The molecule has 0 saturated heterocycles. The SMILES string of the molecule is Cc1csc(=O)n1CC(=O)NCC(C)(O)c1ccc(F)cc1. The van der Waals surface area contributed by atoms with Gasteiger partial charge in [0.1, 0.15) is 18.0 Å². The highest BCUT2D eigenvalue weighted by molar-refractivity contribution is 7.07. The van der Waals surface area contributed by atoms with Crippen molar-refractivity contribution in [2.75, 3.05) is 6.54 Å². The zero-order valence-corrected chi connectivity index (χ0v) is 13.1. The standard InChI is InChI=1S/C15H17FN2O3S/c1-10-8-22-14(20)18(10)7-13(19)17-9-15(2,21)11-3-5-12(16)6-4-11/h3-6,8,21H,7,9H2,1-2H3,(H,17,19). The summed E-state index contributed by atoms with van der Waals surface area (Å²) in [5.41, 5.74) is -0.105. The maximum absolute atomic E-state index is 12.9. The fraction of sp³-hybridized carbons (Fsp3) is 0.333. The van der Waals surface area contributed by atoms with Crippen molar-refractivity contribution in [2.45, 2.75) is 26.0 Å². The highest BCUT2D eigenvalue weighted by Gasteiger charge is 2.24. The first-order valence-corrected chi connectivity index (χ1v) is 7.57. The van der Waals surface area contributed by atoms with Crippen LogP contribution in [0.25, 0.3) is 0 Å². The Bertz CT molecular complexity index is 719. The van der Waals surface area contributed by atoms with E-state index in [1.54, 1.807) is 12.3 Å². The Morgan fingerprint density at radius 1 is 1.41 bits per heavy atom. The zero-order chi connectivity index (χ0) is 16.3. The lowest BCUT2D eigenvalue weighted by Gasteiger charge is -2.24. The third-order valence-corrected chi connectivity index (χ3v) is 4.26. The predicted octanol–water partition coefficient (Wildman–Crippen LogP) is 1.38. The van der Waals surface area contributed by atoms with Gasteiger partial charge in [-0.25, -0.2) is 4.39 Å². The van der Waals surface area contributed by atoms with E-state index in [-0.39, 0.29) is 23.9 Å². The Morgan fingerprint density at radius 3 is 2.59 bits per heavy atom. The minimum atomic E-state index is -1.32. The Kier molecular flexibility index (Phi) is 4.77. The number of rotatable bonds is 5. The second kappa shape index (κ2) is 6.41. The molecule has 1 unspecified atom stereocenters. The van der Waals surface area contributed by atoms with E-state index >= 15 is 0 Å². The van der Waals surface area contributed by atoms with E-state index in [1.165, 1.54) is 35.8 Å². The zero-order valence-electron chi connectivity index (χ0n) is 12.3. The van der Waals surface area contributed by atoms with Gasteiger partial charge in [0.05, 0.1) is 6.54 Å². The van der Waals surface area contributed by atoms with E-state index in [1.807, 2.05) is 0 Å². The number of amides is 1. The fourth-order valence-corrected chi connectivity index (χ4v) is 2.71. The Balaban J connectivity index is 1.98. The van der Waals surface area contributed by atoms with E-state index < -0.39 is 11.4 Å². The van der Waals surface area contributed by atoms with Crippen LogP contribution in [-0.4, -0.2) is 22.1 Å². The number of hydrogen-bond acceptors (Lipinski definition) is 4. The molecule has 2 N–H and O–H groups in total. The summed E-state index contributed by atoms with van der Waals surface area (Å²) < 4.78 is 14.3. The molecule has 0 bridgehead atoms. The van der Waals surface area contributed by atoms with Crippen LogP contribution < -0.4 is 10.2 Å². The van der Waals surface area contributed by atoms with Crippen molar-refractivity contribution < 1.29 is 14.3 Å². The number of aromatic nitrogens is 1. The predicted molar refractivity (Wildman–Crippen MR) is 82.3 cm³/mol. The lowest BCUT2D eigenvalue weighted by Crippen LogP contribution is -2.40. The molecular weight excluding hydrogens is 307 g/mol. The second-order valence-corrected chi connectivity index (χ2v) is 6.11. The van der Waals surface area contributed by atoms with Gasteiger partial charge in [-0.3, -0.25) is 14.2 Å². The molecule has 2 aromatic rings. The van der Waals surface area contributed by atoms with E-state index in [0.717, 1.165) is 17.0 Å². The highest BCUT2D eigenvalue weighted by atomic mass is 32.1. The molecular formula is C15H17FN2O3S. The molecule has 1 atom stereocenters. The van der Waals surface area contributed by atoms with Crippen molar-refractivity contribution in [1.29, 1.82) is 0 Å². The van der Waals surface area contributed by atoms with Gasteiger partial charge in [-0.15, -0.1) is 0 Å². The van der Waals surface area contributed by atoms with Crippen molar-refractivity contribution >= 4 is 17.2 Å². The van der Waals surface area contributed by atoms with Gasteiger partial charge in [0.2, 0.25) is 5.91 Å². The normalized spacial score (nSPS) is 13.6. The molecule has 7 heteroatoms. The number of aryl methyl sites for hydroxylation is 1. The molecule has 0 aliphatic carbocycles. The topological polar surface area (TPSA) is 71.3 Å². The van der Waals surface area contributed by atoms with E-state index in [4.69, 9.17) is 0 Å². The molecule has 0 saturated carbocycles. The first-order valence-electron chi connectivity index (χ1n) is 6.69. The monoisotopic (exact) mass is 324 g/mol. The number of aliphatic hydroxyl groups is 1. The number of benzene rings is 1. The van der Waals surface area contributed by atoms with Gasteiger partial charge in [0.15, 0.2) is 0 Å². The van der Waals surface area contributed by atoms with Crippen LogP contribution in [0.2, 0.25) is 0 Å². The average molecular weight is 324 g/mol. The summed E-state index contributed by atoms with van der Waals surface area (Å²) in [5, 5.41) is 14.6. The molecule has 5 nitrogen and oxygen atoms in total. The minimum Gasteiger partial charge on any atom is -0.384 e. The van der Waals surface area contributed by atoms with Gasteiger partial charge in [-0.2, -0.15) is 0 Å². The van der Waals surface area contributed by atoms with Crippen molar-refractivity contribution in [1.82, 2.24) is 9.88 Å². The van der Waals surface area contributed by atoms with Gasteiger partial charge in [0.25, 0.3) is 0 Å². The highest BCUT2D eigenvalue weighted by Crippen LogP contribution is 2.19. The molecule has 0 spiro atoms. The maximum Gasteiger partial charge on any atom is 0.307 e. The van der Waals surface area contributed by atoms with Crippen LogP contribution in [0.15, 0.2) is 34.4 Å². The van der Waals surface area contributed by atoms with E-state index in [2.05, 4.69) is 5.32 Å². The molecule has 118 valence electrons. The van der Waals surface area contributed by atoms with Crippen LogP contribution in [0.1, 0.15) is 18.2 Å². The lowest BCUT2D eigenvalue weighted by molar-refractivity contribution is -0.122. The first-order chi connectivity index (χ1) is 10.3. The first kappa shape index (κ1) is 16.4. The van der Waals surface area contributed by atoms with Crippen LogP contribution in [0.4, 0.5) is 4.39 Å². The van der Waals surface area contributed by atoms with E-state index in [9.17, 15) is 19.1 Å². The maximum atomic E-state index is 12.9. The van der Waals surface area contributed by atoms with Gasteiger partial charge < -0.3 is 10.4 Å². The Morgan fingerprint density at radius 2 is 2.05 bits per heavy atom. The molecule has 1 aromatic heterocycles. The summed E-state index contributed by atoms with van der Waals surface area (Å²) in [6.07, 6.45) is 0. The van der Waals surface area contributed by atoms with E-state index in [0.29, 0.717) is 5.56 Å². The molecule has 2 rings (SSSR count). The van der Waals surface area contributed by atoms with Gasteiger partial charge in [0, 0.05) is 11.1 Å². The van der Waals surface area contributed by atoms with Crippen LogP contribution >= 0.6 is 11.3 Å². The summed E-state index contributed by atoms with van der Waals surface area (Å²) in [6, 6.07) is 5.43. The van der Waals surface area contributed by atoms with Gasteiger partial charge >= 0.3 is 4.87 Å². The second-order valence-electron chi connectivity index (χ2n) is 5.29. The number of nitrogens with zero attached hydrogens (tertiary/aromatic N) is 1. The molecule has 0 radical (unpaired) electrons. The Labute approximate surface area is 131 Å². The van der Waals surface area contributed by atoms with Crippen LogP contribution in [0.3, 0.4) is 0 Å².